The summed E-state index contributed by atoms with van der Waals surface area (Å²) in [4.78, 5) is 8.71. The van der Waals surface area contributed by atoms with Gasteiger partial charge < -0.3 is 19.8 Å². The minimum absolute atomic E-state index is 0.283. The summed E-state index contributed by atoms with van der Waals surface area (Å²) in [7, 11) is 3.43. The van der Waals surface area contributed by atoms with Crippen LogP contribution in [0, 0.1) is 12.7 Å². The summed E-state index contributed by atoms with van der Waals surface area (Å²) < 4.78 is 24.0. The van der Waals surface area contributed by atoms with E-state index in [0.29, 0.717) is 18.9 Å². The summed E-state index contributed by atoms with van der Waals surface area (Å²) in [5.74, 6) is 1.83. The fourth-order valence-corrected chi connectivity index (χ4v) is 3.09. The largest absolute Gasteiger partial charge is 0.496 e. The molecule has 0 aliphatic heterocycles. The summed E-state index contributed by atoms with van der Waals surface area (Å²) in [5.41, 5.74) is 3.94. The van der Waals surface area contributed by atoms with E-state index in [1.54, 1.807) is 32.6 Å². The molecule has 3 rings (SSSR count). The summed E-state index contributed by atoms with van der Waals surface area (Å²) in [6, 6.07) is 12.3. The Morgan fingerprint density at radius 3 is 2.53 bits per heavy atom. The number of ether oxygens (including phenoxy) is 1. The molecule has 2 N–H and O–H groups in total. The minimum Gasteiger partial charge on any atom is -0.496 e. The van der Waals surface area contributed by atoms with Crippen LogP contribution in [-0.2, 0) is 12.8 Å². The normalized spacial score (nSPS) is 11.4. The number of halogens is 1. The SMILES string of the molecule is CN=C(NCCc1coc(-c2ccc(F)cc2)n1)NCCc1cc(C)ccc1OC. The van der Waals surface area contributed by atoms with E-state index in [-0.39, 0.29) is 5.82 Å². The zero-order chi connectivity index (χ0) is 21.3. The van der Waals surface area contributed by atoms with Gasteiger partial charge in [-0.15, -0.1) is 0 Å². The van der Waals surface area contributed by atoms with Crippen molar-refractivity contribution in [3.63, 3.8) is 0 Å². The first kappa shape index (κ1) is 21.4. The van der Waals surface area contributed by atoms with Gasteiger partial charge in [0, 0.05) is 32.1 Å². The highest BCUT2D eigenvalue weighted by molar-refractivity contribution is 5.79. The molecule has 0 amide bonds. The van der Waals surface area contributed by atoms with Crippen molar-refractivity contribution in [2.45, 2.75) is 19.8 Å². The molecular weight excluding hydrogens is 383 g/mol. The third kappa shape index (κ3) is 5.83. The second kappa shape index (κ2) is 10.4. The monoisotopic (exact) mass is 410 g/mol. The second-order valence-corrected chi connectivity index (χ2v) is 6.89. The number of aryl methyl sites for hydroxylation is 1. The van der Waals surface area contributed by atoms with Gasteiger partial charge in [-0.2, -0.15) is 0 Å². The van der Waals surface area contributed by atoms with Crippen molar-refractivity contribution in [1.82, 2.24) is 15.6 Å². The van der Waals surface area contributed by atoms with Crippen LogP contribution in [0.3, 0.4) is 0 Å². The number of nitrogens with zero attached hydrogens (tertiary/aromatic N) is 2. The molecule has 1 aromatic heterocycles. The van der Waals surface area contributed by atoms with E-state index in [2.05, 4.69) is 33.6 Å². The van der Waals surface area contributed by atoms with E-state index in [1.165, 1.54) is 17.7 Å². The Morgan fingerprint density at radius 1 is 1.10 bits per heavy atom. The standard InChI is InChI=1S/C23H27FN4O2/c1-16-4-9-21(29-3)18(14-16)10-12-26-23(25-2)27-13-11-20-15-30-22(28-20)17-5-7-19(24)8-6-17/h4-9,14-15H,10-13H2,1-3H3,(H2,25,26,27). The minimum atomic E-state index is -0.283. The fraction of sp³-hybridized carbons (Fsp3) is 0.304. The molecule has 0 fully saturated rings. The molecule has 0 spiro atoms. The van der Waals surface area contributed by atoms with Crippen LogP contribution < -0.4 is 15.4 Å². The van der Waals surface area contributed by atoms with Crippen LogP contribution in [0.15, 0.2) is 58.1 Å². The van der Waals surface area contributed by atoms with Crippen LogP contribution in [0.5, 0.6) is 5.75 Å². The van der Waals surface area contributed by atoms with Crippen molar-refractivity contribution in [3.8, 4) is 17.2 Å². The van der Waals surface area contributed by atoms with E-state index in [1.807, 2.05) is 12.1 Å². The van der Waals surface area contributed by atoms with Crippen LogP contribution >= 0.6 is 0 Å². The molecule has 1 heterocycles. The summed E-state index contributed by atoms with van der Waals surface area (Å²) in [6.07, 6.45) is 3.13. The molecule has 6 nitrogen and oxygen atoms in total. The van der Waals surface area contributed by atoms with Gasteiger partial charge in [0.25, 0.3) is 0 Å². The van der Waals surface area contributed by atoms with Crippen molar-refractivity contribution in [1.29, 1.82) is 0 Å². The van der Waals surface area contributed by atoms with Gasteiger partial charge >= 0.3 is 0 Å². The maximum absolute atomic E-state index is 13.0. The molecule has 0 unspecified atom stereocenters. The number of aliphatic imine (C=N–C) groups is 1. The van der Waals surface area contributed by atoms with Crippen LogP contribution in [0.4, 0.5) is 4.39 Å². The van der Waals surface area contributed by atoms with E-state index >= 15 is 0 Å². The van der Waals surface area contributed by atoms with Gasteiger partial charge in [0.05, 0.1) is 12.8 Å². The number of guanidine groups is 1. The topological polar surface area (TPSA) is 71.7 Å². The van der Waals surface area contributed by atoms with Gasteiger partial charge in [0.15, 0.2) is 5.96 Å². The summed E-state index contributed by atoms with van der Waals surface area (Å²) in [6.45, 7) is 3.46. The molecule has 0 aliphatic carbocycles. The zero-order valence-electron chi connectivity index (χ0n) is 17.5. The Balaban J connectivity index is 1.45. The first-order valence-corrected chi connectivity index (χ1v) is 9.87. The second-order valence-electron chi connectivity index (χ2n) is 6.89. The molecule has 0 aliphatic rings. The molecule has 0 saturated heterocycles. The first-order valence-electron chi connectivity index (χ1n) is 9.87. The number of hydrogen-bond acceptors (Lipinski definition) is 4. The van der Waals surface area contributed by atoms with Gasteiger partial charge in [-0.25, -0.2) is 9.37 Å². The van der Waals surface area contributed by atoms with Crippen LogP contribution in [0.25, 0.3) is 11.5 Å². The molecule has 3 aromatic rings. The molecule has 158 valence electrons. The number of nitrogens with one attached hydrogen (secondary N) is 2. The average molecular weight is 410 g/mol. The third-order valence-corrected chi connectivity index (χ3v) is 4.66. The van der Waals surface area contributed by atoms with E-state index in [0.717, 1.165) is 41.5 Å². The number of methoxy groups -OCH3 is 1. The number of benzene rings is 2. The zero-order valence-corrected chi connectivity index (χ0v) is 17.5. The fourth-order valence-electron chi connectivity index (χ4n) is 3.09. The predicted molar refractivity (Wildman–Crippen MR) is 116 cm³/mol. The van der Waals surface area contributed by atoms with Gasteiger partial charge in [0.1, 0.15) is 17.8 Å². The highest BCUT2D eigenvalue weighted by Gasteiger charge is 2.08. The molecule has 0 saturated carbocycles. The predicted octanol–water partition coefficient (Wildman–Crippen LogP) is 3.75. The number of hydrogen-bond donors (Lipinski definition) is 2. The summed E-state index contributed by atoms with van der Waals surface area (Å²) >= 11 is 0. The lowest BCUT2D eigenvalue weighted by molar-refractivity contribution is 0.409. The molecular formula is C23H27FN4O2. The first-order chi connectivity index (χ1) is 14.6. The summed E-state index contributed by atoms with van der Waals surface area (Å²) in [5, 5.41) is 6.59. The smallest absolute Gasteiger partial charge is 0.226 e. The quantitative estimate of drug-likeness (QED) is 0.437. The maximum atomic E-state index is 13.0. The van der Waals surface area contributed by atoms with Crippen molar-refractivity contribution < 1.29 is 13.5 Å². The van der Waals surface area contributed by atoms with E-state index in [4.69, 9.17) is 9.15 Å². The molecule has 30 heavy (non-hydrogen) atoms. The Labute approximate surface area is 176 Å². The lowest BCUT2D eigenvalue weighted by atomic mass is 10.1. The van der Waals surface area contributed by atoms with Crippen molar-refractivity contribution in [3.05, 3.63) is 71.4 Å². The number of rotatable bonds is 8. The van der Waals surface area contributed by atoms with Gasteiger partial charge in [-0.05, 0) is 49.2 Å². The molecule has 7 heteroatoms. The lowest BCUT2D eigenvalue weighted by Gasteiger charge is -2.13. The molecule has 0 radical (unpaired) electrons. The Kier molecular flexibility index (Phi) is 7.43. The third-order valence-electron chi connectivity index (χ3n) is 4.66. The Bertz CT molecular complexity index is 983. The van der Waals surface area contributed by atoms with Crippen molar-refractivity contribution >= 4 is 5.96 Å². The lowest BCUT2D eigenvalue weighted by Crippen LogP contribution is -2.39. The van der Waals surface area contributed by atoms with Gasteiger partial charge in [-0.1, -0.05) is 17.7 Å². The van der Waals surface area contributed by atoms with Crippen molar-refractivity contribution in [2.24, 2.45) is 4.99 Å². The Hall–Kier alpha value is -3.35. The number of oxazole rings is 1. The van der Waals surface area contributed by atoms with Crippen LogP contribution in [0.1, 0.15) is 16.8 Å². The van der Waals surface area contributed by atoms with Crippen LogP contribution in [-0.4, -0.2) is 38.2 Å². The Morgan fingerprint density at radius 2 is 1.83 bits per heavy atom. The van der Waals surface area contributed by atoms with Crippen LogP contribution in [0.2, 0.25) is 0 Å². The molecule has 2 aromatic carbocycles. The number of aromatic nitrogens is 1. The van der Waals surface area contributed by atoms with Gasteiger partial charge in [-0.3, -0.25) is 4.99 Å². The average Bonchev–Trinajstić information content (AvgIpc) is 3.22. The van der Waals surface area contributed by atoms with E-state index < -0.39 is 0 Å². The van der Waals surface area contributed by atoms with Crippen molar-refractivity contribution in [2.75, 3.05) is 27.2 Å². The molecule has 0 bridgehead atoms. The highest BCUT2D eigenvalue weighted by Crippen LogP contribution is 2.20. The van der Waals surface area contributed by atoms with Gasteiger partial charge in [0.2, 0.25) is 5.89 Å². The highest BCUT2D eigenvalue weighted by atomic mass is 19.1. The molecule has 0 atom stereocenters. The van der Waals surface area contributed by atoms with E-state index in [9.17, 15) is 4.39 Å². The maximum Gasteiger partial charge on any atom is 0.226 e.